The van der Waals surface area contributed by atoms with Crippen molar-refractivity contribution in [2.24, 2.45) is 0 Å². The monoisotopic (exact) mass is 381 g/mol. The van der Waals surface area contributed by atoms with Crippen molar-refractivity contribution in [2.45, 2.75) is 12.5 Å². The molecule has 0 aliphatic carbocycles. The number of hydrogen-bond acceptors (Lipinski definition) is 4. The fourth-order valence-corrected chi connectivity index (χ4v) is 3.90. The van der Waals surface area contributed by atoms with Crippen LogP contribution in [0, 0.1) is 0 Å². The van der Waals surface area contributed by atoms with Crippen LogP contribution >= 0.6 is 0 Å². The number of fused-ring (bicyclic) bond motifs is 1. The average Bonchev–Trinajstić information content (AvgIpc) is 3.29. The van der Waals surface area contributed by atoms with Crippen molar-refractivity contribution in [3.05, 3.63) is 108 Å². The topological polar surface area (TPSA) is 59.2 Å². The van der Waals surface area contributed by atoms with E-state index in [1.54, 1.807) is 12.3 Å². The smallest absolute Gasteiger partial charge is 0.292 e. The minimum absolute atomic E-state index is 0.128. The molecule has 0 saturated carbocycles. The molecule has 142 valence electrons. The minimum atomic E-state index is -0.157. The van der Waals surface area contributed by atoms with Gasteiger partial charge in [-0.25, -0.2) is 0 Å². The molecule has 1 aliphatic heterocycles. The van der Waals surface area contributed by atoms with Gasteiger partial charge in [-0.05, 0) is 28.8 Å². The van der Waals surface area contributed by atoms with Crippen molar-refractivity contribution in [3.8, 4) is 11.4 Å². The maximum absolute atomic E-state index is 13.2. The molecule has 5 heteroatoms. The van der Waals surface area contributed by atoms with E-state index in [-0.39, 0.29) is 17.6 Å². The summed E-state index contributed by atoms with van der Waals surface area (Å²) in [4.78, 5) is 19.3. The van der Waals surface area contributed by atoms with Crippen molar-refractivity contribution >= 4 is 5.91 Å². The number of benzene rings is 2. The van der Waals surface area contributed by atoms with Crippen LogP contribution in [0.1, 0.15) is 33.2 Å². The van der Waals surface area contributed by atoms with E-state index in [1.165, 1.54) is 11.1 Å². The van der Waals surface area contributed by atoms with E-state index in [4.69, 9.17) is 4.52 Å². The summed E-state index contributed by atoms with van der Waals surface area (Å²) in [6.07, 6.45) is 1.69. The van der Waals surface area contributed by atoms with Crippen molar-refractivity contribution in [3.63, 3.8) is 0 Å². The van der Waals surface area contributed by atoms with Gasteiger partial charge in [0.2, 0.25) is 5.76 Å². The highest BCUT2D eigenvalue weighted by Gasteiger charge is 2.31. The molecule has 1 unspecified atom stereocenters. The van der Waals surface area contributed by atoms with Crippen LogP contribution in [0.3, 0.4) is 0 Å². The number of rotatable bonds is 3. The lowest BCUT2D eigenvalue weighted by Gasteiger charge is -2.34. The SMILES string of the molecule is O=C(c1cc(-c2ccccn2)no1)N1Cc2ccccc2C(c2ccccc2)C1. The Labute approximate surface area is 168 Å². The standard InChI is InChI=1S/C24H19N3O2/c28-24(23-14-22(26-29-23)21-12-6-7-13-25-21)27-15-18-10-4-5-11-19(18)20(16-27)17-8-2-1-3-9-17/h1-14,20H,15-16H2. The van der Waals surface area contributed by atoms with Gasteiger partial charge in [-0.2, -0.15) is 0 Å². The van der Waals surface area contributed by atoms with E-state index >= 15 is 0 Å². The van der Waals surface area contributed by atoms with Crippen molar-refractivity contribution in [1.82, 2.24) is 15.0 Å². The first kappa shape index (κ1) is 17.4. The Bertz CT molecular complexity index is 1140. The van der Waals surface area contributed by atoms with Gasteiger partial charge >= 0.3 is 0 Å². The van der Waals surface area contributed by atoms with Crippen LogP contribution in [0.15, 0.2) is 89.6 Å². The Morgan fingerprint density at radius 3 is 2.55 bits per heavy atom. The fraction of sp³-hybridized carbons (Fsp3) is 0.125. The van der Waals surface area contributed by atoms with Gasteiger partial charge in [0.25, 0.3) is 5.91 Å². The number of hydrogen-bond donors (Lipinski definition) is 0. The van der Waals surface area contributed by atoms with Crippen LogP contribution < -0.4 is 0 Å². The molecule has 0 saturated heterocycles. The van der Waals surface area contributed by atoms with Gasteiger partial charge in [-0.3, -0.25) is 9.78 Å². The Hall–Kier alpha value is -3.73. The zero-order valence-electron chi connectivity index (χ0n) is 15.7. The third-order valence-electron chi connectivity index (χ3n) is 5.33. The molecule has 2 aromatic carbocycles. The first-order valence-electron chi connectivity index (χ1n) is 9.60. The van der Waals surface area contributed by atoms with E-state index in [2.05, 4.69) is 40.5 Å². The van der Waals surface area contributed by atoms with Crippen LogP contribution in [-0.4, -0.2) is 27.5 Å². The number of nitrogens with zero attached hydrogens (tertiary/aromatic N) is 3. The molecule has 2 aromatic heterocycles. The number of pyridine rings is 1. The third kappa shape index (κ3) is 3.31. The van der Waals surface area contributed by atoms with Crippen LogP contribution in [0.5, 0.6) is 0 Å². The van der Waals surface area contributed by atoms with Crippen molar-refractivity contribution in [1.29, 1.82) is 0 Å². The molecule has 0 bridgehead atoms. The first-order chi connectivity index (χ1) is 14.3. The highest BCUT2D eigenvalue weighted by Crippen LogP contribution is 2.34. The second-order valence-electron chi connectivity index (χ2n) is 7.14. The molecular weight excluding hydrogens is 362 g/mol. The quantitative estimate of drug-likeness (QED) is 0.523. The molecule has 0 N–H and O–H groups in total. The van der Waals surface area contributed by atoms with Gasteiger partial charge in [0.15, 0.2) is 0 Å². The van der Waals surface area contributed by atoms with Crippen LogP contribution in [0.25, 0.3) is 11.4 Å². The highest BCUT2D eigenvalue weighted by atomic mass is 16.5. The first-order valence-corrected chi connectivity index (χ1v) is 9.60. The van der Waals surface area contributed by atoms with Gasteiger partial charge < -0.3 is 9.42 Å². The number of carbonyl (C=O) groups is 1. The minimum Gasteiger partial charge on any atom is -0.350 e. The normalized spacial score (nSPS) is 15.7. The van der Waals surface area contributed by atoms with Gasteiger partial charge in [0, 0.05) is 31.3 Å². The lowest BCUT2D eigenvalue weighted by molar-refractivity contribution is 0.0683. The molecule has 1 aliphatic rings. The second kappa shape index (κ2) is 7.36. The van der Waals surface area contributed by atoms with Crippen molar-refractivity contribution in [2.75, 3.05) is 6.54 Å². The predicted octanol–water partition coefficient (Wildman–Crippen LogP) is 4.52. The van der Waals surface area contributed by atoms with E-state index < -0.39 is 0 Å². The third-order valence-corrected chi connectivity index (χ3v) is 5.33. The van der Waals surface area contributed by atoms with Crippen LogP contribution in [0.2, 0.25) is 0 Å². The molecule has 1 atom stereocenters. The molecule has 4 aromatic rings. The van der Waals surface area contributed by atoms with Gasteiger partial charge in [0.1, 0.15) is 5.69 Å². The predicted molar refractivity (Wildman–Crippen MR) is 109 cm³/mol. The average molecular weight is 381 g/mol. The van der Waals surface area contributed by atoms with E-state index in [0.29, 0.717) is 24.5 Å². The Morgan fingerprint density at radius 1 is 0.931 bits per heavy atom. The summed E-state index contributed by atoms with van der Waals surface area (Å²) < 4.78 is 5.38. The summed E-state index contributed by atoms with van der Waals surface area (Å²) in [5, 5.41) is 4.04. The highest BCUT2D eigenvalue weighted by molar-refractivity contribution is 5.92. The maximum atomic E-state index is 13.2. The summed E-state index contributed by atoms with van der Waals surface area (Å²) in [6, 6.07) is 25.9. The number of aromatic nitrogens is 2. The molecule has 0 radical (unpaired) electrons. The molecule has 5 nitrogen and oxygen atoms in total. The van der Waals surface area contributed by atoms with Crippen LogP contribution in [0.4, 0.5) is 0 Å². The van der Waals surface area contributed by atoms with Gasteiger partial charge in [-0.15, -0.1) is 0 Å². The Morgan fingerprint density at radius 2 is 1.72 bits per heavy atom. The molecule has 1 amide bonds. The summed E-state index contributed by atoms with van der Waals surface area (Å²) in [7, 11) is 0. The van der Waals surface area contributed by atoms with E-state index in [9.17, 15) is 4.79 Å². The van der Waals surface area contributed by atoms with Crippen molar-refractivity contribution < 1.29 is 9.32 Å². The number of amides is 1. The van der Waals surface area contributed by atoms with E-state index in [0.717, 1.165) is 5.56 Å². The largest absolute Gasteiger partial charge is 0.350 e. The molecule has 5 rings (SSSR count). The molecule has 0 fully saturated rings. The zero-order chi connectivity index (χ0) is 19.6. The Kier molecular flexibility index (Phi) is 4.41. The lowest BCUT2D eigenvalue weighted by Crippen LogP contribution is -2.38. The number of carbonyl (C=O) groups excluding carboxylic acids is 1. The van der Waals surface area contributed by atoms with Gasteiger partial charge in [-0.1, -0.05) is 65.8 Å². The van der Waals surface area contributed by atoms with E-state index in [1.807, 2.05) is 47.4 Å². The molecular formula is C24H19N3O2. The summed E-state index contributed by atoms with van der Waals surface area (Å²) in [5.74, 6) is 0.204. The second-order valence-corrected chi connectivity index (χ2v) is 7.14. The molecule has 0 spiro atoms. The molecule has 29 heavy (non-hydrogen) atoms. The summed E-state index contributed by atoms with van der Waals surface area (Å²) in [5.41, 5.74) is 4.87. The van der Waals surface area contributed by atoms with Crippen LogP contribution in [-0.2, 0) is 6.54 Å². The molecule has 3 heterocycles. The maximum Gasteiger partial charge on any atom is 0.292 e. The zero-order valence-corrected chi connectivity index (χ0v) is 15.7. The van der Waals surface area contributed by atoms with Gasteiger partial charge in [0.05, 0.1) is 5.69 Å². The summed E-state index contributed by atoms with van der Waals surface area (Å²) in [6.45, 7) is 1.15. The summed E-state index contributed by atoms with van der Waals surface area (Å²) >= 11 is 0. The Balaban J connectivity index is 1.46. The fourth-order valence-electron chi connectivity index (χ4n) is 3.90. The lowest BCUT2D eigenvalue weighted by atomic mass is 9.84.